The maximum absolute atomic E-state index is 13.6. The van der Waals surface area contributed by atoms with Gasteiger partial charge in [0.1, 0.15) is 4.70 Å². The zero-order chi connectivity index (χ0) is 20.8. The Kier molecular flexibility index (Phi) is 4.57. The summed E-state index contributed by atoms with van der Waals surface area (Å²) in [6, 6.07) is 22.7. The van der Waals surface area contributed by atoms with Gasteiger partial charge in [0.25, 0.3) is 5.56 Å². The maximum atomic E-state index is 13.6. The van der Waals surface area contributed by atoms with Crippen molar-refractivity contribution in [1.29, 1.82) is 0 Å². The molecule has 5 rings (SSSR count). The fraction of sp³-hybridized carbons (Fsp3) is 0.0833. The highest BCUT2D eigenvalue weighted by molar-refractivity contribution is 7.25. The minimum atomic E-state index is -0.375. The molecule has 0 saturated heterocycles. The molecule has 4 nitrogen and oxygen atoms in total. The fourth-order valence-corrected chi connectivity index (χ4v) is 5.15. The van der Waals surface area contributed by atoms with Crippen molar-refractivity contribution in [2.45, 2.75) is 13.5 Å². The van der Waals surface area contributed by atoms with Gasteiger partial charge in [0.05, 0.1) is 17.7 Å². The van der Waals surface area contributed by atoms with Crippen molar-refractivity contribution < 1.29 is 0 Å². The molecular formula is C24H17ClN2O2S. The summed E-state index contributed by atoms with van der Waals surface area (Å²) in [6.07, 6.45) is 0. The Labute approximate surface area is 181 Å². The molecule has 0 saturated carbocycles. The fourth-order valence-electron chi connectivity index (χ4n) is 3.83. The van der Waals surface area contributed by atoms with Crippen molar-refractivity contribution in [3.63, 3.8) is 0 Å². The summed E-state index contributed by atoms with van der Waals surface area (Å²) in [4.78, 5) is 27.0. The molecule has 0 N–H and O–H groups in total. The summed E-state index contributed by atoms with van der Waals surface area (Å²) >= 11 is 7.56. The average molecular weight is 433 g/mol. The second kappa shape index (κ2) is 7.27. The first kappa shape index (κ1) is 18.9. The molecule has 0 fully saturated rings. The maximum Gasteiger partial charge on any atom is 0.336 e. The van der Waals surface area contributed by atoms with Crippen LogP contribution in [-0.4, -0.2) is 9.13 Å². The monoisotopic (exact) mass is 432 g/mol. The predicted octanol–water partition coefficient (Wildman–Crippen LogP) is 5.38. The standard InChI is InChI=1S/C24H17ClN2O2S/c1-15-6-4-7-16(12-15)14-26-21-19-10-2-3-11-20(19)30-22(21)23(28)27(24(26)29)18-9-5-8-17(25)13-18/h2-13H,14H2,1H3. The van der Waals surface area contributed by atoms with Gasteiger partial charge in [-0.1, -0.05) is 65.7 Å². The van der Waals surface area contributed by atoms with Crippen LogP contribution in [0.25, 0.3) is 26.0 Å². The largest absolute Gasteiger partial charge is 0.336 e. The van der Waals surface area contributed by atoms with E-state index in [4.69, 9.17) is 11.6 Å². The summed E-state index contributed by atoms with van der Waals surface area (Å²) in [5, 5.41) is 1.39. The minimum Gasteiger partial charge on any atom is -0.287 e. The zero-order valence-corrected chi connectivity index (χ0v) is 17.7. The number of nitrogens with zero attached hydrogens (tertiary/aromatic N) is 2. The molecule has 0 amide bonds. The molecule has 0 atom stereocenters. The van der Waals surface area contributed by atoms with Crippen LogP contribution in [0.3, 0.4) is 0 Å². The number of aryl methyl sites for hydroxylation is 1. The average Bonchev–Trinajstić information content (AvgIpc) is 3.11. The number of hydrogen-bond acceptors (Lipinski definition) is 3. The van der Waals surface area contributed by atoms with Gasteiger partial charge >= 0.3 is 5.69 Å². The van der Waals surface area contributed by atoms with E-state index in [9.17, 15) is 9.59 Å². The van der Waals surface area contributed by atoms with E-state index < -0.39 is 0 Å². The summed E-state index contributed by atoms with van der Waals surface area (Å²) in [5.41, 5.74) is 2.58. The van der Waals surface area contributed by atoms with Gasteiger partial charge in [0, 0.05) is 15.1 Å². The van der Waals surface area contributed by atoms with E-state index in [-0.39, 0.29) is 11.2 Å². The third-order valence-electron chi connectivity index (χ3n) is 5.15. The zero-order valence-electron chi connectivity index (χ0n) is 16.1. The van der Waals surface area contributed by atoms with Crippen LogP contribution in [0.4, 0.5) is 0 Å². The van der Waals surface area contributed by atoms with Crippen LogP contribution in [0.15, 0.2) is 82.4 Å². The SMILES string of the molecule is Cc1cccc(Cn2c(=O)n(-c3cccc(Cl)c3)c(=O)c3sc4ccccc4c32)c1. The Morgan fingerprint density at radius 2 is 1.73 bits per heavy atom. The first-order chi connectivity index (χ1) is 14.5. The lowest BCUT2D eigenvalue weighted by molar-refractivity contribution is 0.717. The van der Waals surface area contributed by atoms with Crippen molar-refractivity contribution in [3.8, 4) is 5.69 Å². The van der Waals surface area contributed by atoms with Gasteiger partial charge in [-0.25, -0.2) is 9.36 Å². The Bertz CT molecular complexity index is 1540. The highest BCUT2D eigenvalue weighted by Crippen LogP contribution is 2.31. The number of halogens is 1. The molecule has 0 aliphatic carbocycles. The van der Waals surface area contributed by atoms with E-state index in [2.05, 4.69) is 6.07 Å². The quantitative estimate of drug-likeness (QED) is 0.384. The van der Waals surface area contributed by atoms with Gasteiger partial charge in [-0.2, -0.15) is 0 Å². The Morgan fingerprint density at radius 3 is 2.53 bits per heavy atom. The van der Waals surface area contributed by atoms with Crippen molar-refractivity contribution >= 4 is 43.2 Å². The van der Waals surface area contributed by atoms with E-state index in [1.165, 1.54) is 15.9 Å². The Balaban J connectivity index is 1.90. The number of thiophene rings is 1. The first-order valence-corrected chi connectivity index (χ1v) is 10.7. The summed E-state index contributed by atoms with van der Waals surface area (Å²) < 4.78 is 4.46. The molecule has 0 aliphatic heterocycles. The Hall–Kier alpha value is -3.15. The van der Waals surface area contributed by atoms with Gasteiger partial charge in [0.2, 0.25) is 0 Å². The first-order valence-electron chi connectivity index (χ1n) is 9.51. The number of hydrogen-bond donors (Lipinski definition) is 0. The number of fused-ring (bicyclic) bond motifs is 3. The van der Waals surface area contributed by atoms with Crippen LogP contribution in [-0.2, 0) is 6.54 Å². The van der Waals surface area contributed by atoms with Crippen LogP contribution >= 0.6 is 22.9 Å². The van der Waals surface area contributed by atoms with Gasteiger partial charge in [-0.3, -0.25) is 9.36 Å². The summed E-state index contributed by atoms with van der Waals surface area (Å²) in [6.45, 7) is 2.40. The van der Waals surface area contributed by atoms with E-state index in [1.54, 1.807) is 28.8 Å². The van der Waals surface area contributed by atoms with E-state index >= 15 is 0 Å². The molecule has 5 aromatic rings. The third-order valence-corrected chi connectivity index (χ3v) is 6.53. The van der Waals surface area contributed by atoms with Crippen molar-refractivity contribution in [2.75, 3.05) is 0 Å². The molecule has 0 aliphatic rings. The lowest BCUT2D eigenvalue weighted by Gasteiger charge is -2.13. The van der Waals surface area contributed by atoms with Gasteiger partial charge in [-0.05, 0) is 36.8 Å². The molecule has 30 heavy (non-hydrogen) atoms. The van der Waals surface area contributed by atoms with Crippen LogP contribution in [0.5, 0.6) is 0 Å². The smallest absolute Gasteiger partial charge is 0.287 e. The van der Waals surface area contributed by atoms with Crippen molar-refractivity contribution in [2.24, 2.45) is 0 Å². The molecule has 148 valence electrons. The summed E-state index contributed by atoms with van der Waals surface area (Å²) in [5.74, 6) is 0. The third kappa shape index (κ3) is 3.07. The van der Waals surface area contributed by atoms with Crippen LogP contribution in [0.2, 0.25) is 5.02 Å². The highest BCUT2D eigenvalue weighted by Gasteiger charge is 2.19. The second-order valence-electron chi connectivity index (χ2n) is 7.25. The number of rotatable bonds is 3. The normalized spacial score (nSPS) is 11.4. The van der Waals surface area contributed by atoms with Crippen LogP contribution < -0.4 is 11.2 Å². The molecule has 0 radical (unpaired) electrons. The lowest BCUT2D eigenvalue weighted by atomic mass is 10.1. The van der Waals surface area contributed by atoms with Crippen molar-refractivity contribution in [1.82, 2.24) is 9.13 Å². The molecule has 6 heteroatoms. The van der Waals surface area contributed by atoms with Crippen LogP contribution in [0, 0.1) is 6.92 Å². The molecule has 0 spiro atoms. The molecule has 2 heterocycles. The second-order valence-corrected chi connectivity index (χ2v) is 8.74. The molecule has 0 unspecified atom stereocenters. The predicted molar refractivity (Wildman–Crippen MR) is 124 cm³/mol. The molecule has 2 aromatic heterocycles. The molecule has 3 aromatic carbocycles. The van der Waals surface area contributed by atoms with Gasteiger partial charge in [0.15, 0.2) is 0 Å². The lowest BCUT2D eigenvalue weighted by Crippen LogP contribution is -2.38. The van der Waals surface area contributed by atoms with Crippen molar-refractivity contribution in [3.05, 3.63) is 110 Å². The summed E-state index contributed by atoms with van der Waals surface area (Å²) in [7, 11) is 0. The number of aromatic nitrogens is 2. The molecular weight excluding hydrogens is 416 g/mol. The van der Waals surface area contributed by atoms with Crippen LogP contribution in [0.1, 0.15) is 11.1 Å². The van der Waals surface area contributed by atoms with E-state index in [0.29, 0.717) is 27.5 Å². The minimum absolute atomic E-state index is 0.320. The molecule has 0 bridgehead atoms. The van der Waals surface area contributed by atoms with E-state index in [0.717, 1.165) is 21.2 Å². The van der Waals surface area contributed by atoms with E-state index in [1.807, 2.05) is 49.4 Å². The topological polar surface area (TPSA) is 44.0 Å². The Morgan fingerprint density at radius 1 is 0.933 bits per heavy atom. The van der Waals surface area contributed by atoms with Gasteiger partial charge < -0.3 is 0 Å². The number of benzene rings is 3. The highest BCUT2D eigenvalue weighted by atomic mass is 35.5. The van der Waals surface area contributed by atoms with Gasteiger partial charge in [-0.15, -0.1) is 11.3 Å².